The number of carbonyl (C=O) groups excluding carboxylic acids is 1. The van der Waals surface area contributed by atoms with E-state index in [1.165, 1.54) is 35.7 Å². The lowest BCUT2D eigenvalue weighted by atomic mass is 9.64. The Bertz CT molecular complexity index is 1070. The van der Waals surface area contributed by atoms with Crippen LogP contribution < -0.4 is 0 Å². The highest BCUT2D eigenvalue weighted by molar-refractivity contribution is 8.13. The molecule has 3 aliphatic carbocycles. The largest absolute Gasteiger partial charge is 0.413 e. The normalized spacial score (nSPS) is 30.6. The van der Waals surface area contributed by atoms with Crippen LogP contribution in [0.5, 0.6) is 0 Å². The monoisotopic (exact) mass is 602 g/mol. The van der Waals surface area contributed by atoms with Gasteiger partial charge in [0.1, 0.15) is 0 Å². The number of allylic oxidation sites excluding steroid dienone is 4. The van der Waals surface area contributed by atoms with E-state index in [4.69, 9.17) is 8.85 Å². The van der Waals surface area contributed by atoms with E-state index in [1.54, 1.807) is 12.5 Å². The lowest BCUT2D eigenvalue weighted by Crippen LogP contribution is -2.49. The van der Waals surface area contributed by atoms with Gasteiger partial charge in [-0.25, -0.2) is 0 Å². The third kappa shape index (κ3) is 7.45. The summed E-state index contributed by atoms with van der Waals surface area (Å²) in [4.78, 5) is 11.7. The van der Waals surface area contributed by atoms with Crippen molar-refractivity contribution < 1.29 is 13.6 Å². The second-order valence-corrected chi connectivity index (χ2v) is 26.5. The molecule has 4 atom stereocenters. The first kappa shape index (κ1) is 33.8. The highest BCUT2D eigenvalue weighted by Gasteiger charge is 2.46. The van der Waals surface area contributed by atoms with Crippen molar-refractivity contribution in [2.45, 2.75) is 142 Å². The highest BCUT2D eigenvalue weighted by atomic mass is 32.2. The molecule has 0 spiro atoms. The fraction of sp³-hybridized carbons (Fsp3) is 0.735. The van der Waals surface area contributed by atoms with Crippen LogP contribution in [-0.2, 0) is 13.6 Å². The molecule has 0 bridgehead atoms. The molecule has 0 radical (unpaired) electrons. The number of rotatable bonds is 7. The summed E-state index contributed by atoms with van der Waals surface area (Å²) in [5.41, 5.74) is 5.66. The van der Waals surface area contributed by atoms with E-state index >= 15 is 0 Å². The van der Waals surface area contributed by atoms with E-state index in [0.717, 1.165) is 37.0 Å². The molecular formula is C34H58O3SSi2. The highest BCUT2D eigenvalue weighted by Crippen LogP contribution is 2.55. The first-order valence-electron chi connectivity index (χ1n) is 15.5. The van der Waals surface area contributed by atoms with Gasteiger partial charge in [-0.3, -0.25) is 4.79 Å². The number of hydrogen-bond donors (Lipinski definition) is 0. The van der Waals surface area contributed by atoms with Crippen molar-refractivity contribution in [1.82, 2.24) is 0 Å². The van der Waals surface area contributed by atoms with Crippen molar-refractivity contribution >= 4 is 33.5 Å². The van der Waals surface area contributed by atoms with Gasteiger partial charge in [-0.05, 0) is 90.8 Å². The summed E-state index contributed by atoms with van der Waals surface area (Å²) in [7, 11) is -3.90. The second-order valence-electron chi connectivity index (χ2n) is 15.8. The van der Waals surface area contributed by atoms with Gasteiger partial charge in [0, 0.05) is 19.1 Å². The predicted molar refractivity (Wildman–Crippen MR) is 180 cm³/mol. The minimum atomic E-state index is -1.98. The van der Waals surface area contributed by atoms with Crippen molar-refractivity contribution in [3.05, 3.63) is 47.1 Å². The summed E-state index contributed by atoms with van der Waals surface area (Å²) in [6, 6.07) is 0. The molecule has 0 unspecified atom stereocenters. The average Bonchev–Trinajstić information content (AvgIpc) is 3.13. The molecule has 0 saturated heterocycles. The first-order valence-corrected chi connectivity index (χ1v) is 22.3. The summed E-state index contributed by atoms with van der Waals surface area (Å²) < 4.78 is 14.1. The Morgan fingerprint density at radius 2 is 1.68 bits per heavy atom. The van der Waals surface area contributed by atoms with Crippen molar-refractivity contribution in [2.24, 2.45) is 11.3 Å². The molecular weight excluding hydrogens is 545 g/mol. The molecule has 0 aliphatic heterocycles. The van der Waals surface area contributed by atoms with Gasteiger partial charge in [-0.1, -0.05) is 96.2 Å². The molecule has 2 fully saturated rings. The van der Waals surface area contributed by atoms with Crippen molar-refractivity contribution in [1.29, 1.82) is 0 Å². The Morgan fingerprint density at radius 3 is 2.25 bits per heavy atom. The van der Waals surface area contributed by atoms with E-state index in [1.807, 2.05) is 0 Å². The molecule has 0 aromatic carbocycles. The molecule has 0 amide bonds. The maximum absolute atomic E-state index is 11.7. The lowest BCUT2D eigenvalue weighted by Gasteiger charge is -2.45. The number of thioether (sulfide) groups is 1. The van der Waals surface area contributed by atoms with Crippen LogP contribution in [-0.4, -0.2) is 39.7 Å². The van der Waals surface area contributed by atoms with Crippen molar-refractivity contribution in [2.75, 3.05) is 5.75 Å². The topological polar surface area (TPSA) is 35.5 Å². The minimum Gasteiger partial charge on any atom is -0.413 e. The maximum Gasteiger partial charge on any atom is 0.192 e. The Labute approximate surface area is 253 Å². The Kier molecular flexibility index (Phi) is 10.3. The molecule has 0 heterocycles. The third-order valence-corrected chi connectivity index (χ3v) is 20.8. The molecule has 3 rings (SSSR count). The molecule has 0 N–H and O–H groups in total. The molecule has 2 saturated carbocycles. The number of hydrogen-bond acceptors (Lipinski definition) is 4. The molecule has 40 heavy (non-hydrogen) atoms. The van der Waals surface area contributed by atoms with Crippen LogP contribution in [0, 0.1) is 11.3 Å². The van der Waals surface area contributed by atoms with Crippen molar-refractivity contribution in [3.8, 4) is 0 Å². The van der Waals surface area contributed by atoms with Crippen LogP contribution in [0.15, 0.2) is 47.1 Å². The van der Waals surface area contributed by atoms with Gasteiger partial charge in [0.15, 0.2) is 21.8 Å². The number of fused-ring (bicyclic) bond motifs is 1. The van der Waals surface area contributed by atoms with Crippen LogP contribution >= 0.6 is 11.8 Å². The molecule has 3 aliphatic rings. The Balaban J connectivity index is 1.90. The van der Waals surface area contributed by atoms with Gasteiger partial charge < -0.3 is 8.85 Å². The Morgan fingerprint density at radius 1 is 1.07 bits per heavy atom. The summed E-state index contributed by atoms with van der Waals surface area (Å²) in [5, 5.41) is 0.528. The van der Waals surface area contributed by atoms with E-state index in [2.05, 4.69) is 99.5 Å². The van der Waals surface area contributed by atoms with Gasteiger partial charge in [0.2, 0.25) is 0 Å². The molecule has 6 heteroatoms. The molecule has 226 valence electrons. The average molecular weight is 603 g/mol. The molecule has 3 nitrogen and oxygen atoms in total. The molecule has 0 aromatic rings. The Hall–Kier alpha value is -0.666. The predicted octanol–water partition coefficient (Wildman–Crippen LogP) is 10.4. The SMILES string of the molecule is C=C1C(=CC=C2CCC[C@]3(C)C(CSC(C)=O)=CC[C@@H]23)C[C@@H](O[Si](C)(C)C(C)(C)C)C[C@@H]1O[Si](C)(C)C(C)(C)C. The third-order valence-electron chi connectivity index (χ3n) is 10.9. The second kappa shape index (κ2) is 12.1. The zero-order valence-corrected chi connectivity index (χ0v) is 30.6. The van der Waals surface area contributed by atoms with Crippen molar-refractivity contribution in [3.63, 3.8) is 0 Å². The van der Waals surface area contributed by atoms with E-state index in [-0.39, 0.29) is 32.8 Å². The molecule has 0 aromatic heterocycles. The fourth-order valence-corrected chi connectivity index (χ4v) is 9.55. The summed E-state index contributed by atoms with van der Waals surface area (Å²) in [6.07, 6.45) is 13.9. The smallest absolute Gasteiger partial charge is 0.192 e. The van der Waals surface area contributed by atoms with Crippen LogP contribution in [0.2, 0.25) is 36.3 Å². The van der Waals surface area contributed by atoms with Gasteiger partial charge in [-0.15, -0.1) is 0 Å². The van der Waals surface area contributed by atoms with E-state index in [9.17, 15) is 4.79 Å². The summed E-state index contributed by atoms with van der Waals surface area (Å²) in [5.74, 6) is 1.38. The van der Waals surface area contributed by atoms with Crippen LogP contribution in [0.3, 0.4) is 0 Å². The first-order chi connectivity index (χ1) is 18.2. The zero-order chi connectivity index (χ0) is 30.3. The van der Waals surface area contributed by atoms with E-state index < -0.39 is 16.6 Å². The standard InChI is InChI=1S/C34H58O3SSi2/c1-24-27(17-16-26-15-14-20-34(9)28(18-19-30(26)34)23-38-25(2)35)21-29(36-39(10,11)32(3,4)5)22-31(24)37-40(12,13)33(6,7)8/h16-18,29-31H,1,14-15,19-23H2,2-13H3/t29-,30+,31+,34-/m1/s1. The zero-order valence-electron chi connectivity index (χ0n) is 27.8. The minimum absolute atomic E-state index is 0.00837. The summed E-state index contributed by atoms with van der Waals surface area (Å²) >= 11 is 1.46. The number of carbonyl (C=O) groups is 1. The van der Waals surface area contributed by atoms with Crippen LogP contribution in [0.4, 0.5) is 0 Å². The van der Waals surface area contributed by atoms with Gasteiger partial charge >= 0.3 is 0 Å². The quantitative estimate of drug-likeness (QED) is 0.214. The summed E-state index contributed by atoms with van der Waals surface area (Å²) in [6.45, 7) is 32.1. The van der Waals surface area contributed by atoms with Gasteiger partial charge in [0.25, 0.3) is 0 Å². The van der Waals surface area contributed by atoms with Crippen LogP contribution in [0.1, 0.15) is 93.9 Å². The maximum atomic E-state index is 11.7. The fourth-order valence-electron chi connectivity index (χ4n) is 6.07. The lowest BCUT2D eigenvalue weighted by molar-refractivity contribution is -0.109. The van der Waals surface area contributed by atoms with E-state index in [0.29, 0.717) is 5.92 Å². The van der Waals surface area contributed by atoms with Crippen LogP contribution in [0.25, 0.3) is 0 Å². The van der Waals surface area contributed by atoms with Gasteiger partial charge in [0.05, 0.1) is 12.2 Å². The van der Waals surface area contributed by atoms with Gasteiger partial charge in [-0.2, -0.15) is 0 Å².